The van der Waals surface area contributed by atoms with Gasteiger partial charge in [0.05, 0.1) is 5.76 Å². The second-order valence-electron chi connectivity index (χ2n) is 17.0. The van der Waals surface area contributed by atoms with Crippen LogP contribution in [0.5, 0.6) is 0 Å². The fraction of sp³-hybridized carbons (Fsp3) is 0.469. The quantitative estimate of drug-likeness (QED) is 0.288. The third-order valence-corrected chi connectivity index (χ3v) is 14.2. The molecule has 2 heteroatoms. The zero-order valence-corrected chi connectivity index (χ0v) is 30.9. The first kappa shape index (κ1) is 33.2. The predicted molar refractivity (Wildman–Crippen MR) is 213 cm³/mol. The van der Waals surface area contributed by atoms with Crippen LogP contribution >= 0.6 is 0 Å². The highest BCUT2D eigenvalue weighted by molar-refractivity contribution is 5.59. The molecule has 0 aromatic heterocycles. The Morgan fingerprint density at radius 3 is 2.63 bits per heavy atom. The van der Waals surface area contributed by atoms with Gasteiger partial charge < -0.3 is 4.74 Å². The summed E-state index contributed by atoms with van der Waals surface area (Å²) in [4.78, 5) is 2.72. The molecule has 1 fully saturated rings. The van der Waals surface area contributed by atoms with Gasteiger partial charge in [-0.15, -0.1) is 0 Å². The predicted octanol–water partition coefficient (Wildman–Crippen LogP) is 11.8. The van der Waals surface area contributed by atoms with Gasteiger partial charge in [0.25, 0.3) is 0 Å². The van der Waals surface area contributed by atoms with E-state index in [4.69, 9.17) is 11.3 Å². The summed E-state index contributed by atoms with van der Waals surface area (Å²) in [5, 5.41) is 0. The van der Waals surface area contributed by atoms with Gasteiger partial charge in [0.2, 0.25) is 0 Å². The molecule has 2 aliphatic heterocycles. The lowest BCUT2D eigenvalue weighted by atomic mass is 9.50. The lowest BCUT2D eigenvalue weighted by Gasteiger charge is -2.57. The van der Waals surface area contributed by atoms with Crippen molar-refractivity contribution in [2.75, 3.05) is 7.05 Å². The molecule has 1 aromatic carbocycles. The number of rotatable bonds is 5. The summed E-state index contributed by atoms with van der Waals surface area (Å²) >= 11 is 0. The van der Waals surface area contributed by atoms with Crippen molar-refractivity contribution in [1.29, 1.82) is 0 Å². The van der Waals surface area contributed by atoms with Crippen LogP contribution in [0.25, 0.3) is 6.08 Å². The van der Waals surface area contributed by atoms with E-state index in [1.54, 1.807) is 16.7 Å². The van der Waals surface area contributed by atoms with E-state index >= 15 is 0 Å². The fourth-order valence-corrected chi connectivity index (χ4v) is 11.9. The highest BCUT2D eigenvalue weighted by atomic mass is 16.5. The maximum absolute atomic E-state index is 6.85. The van der Waals surface area contributed by atoms with Crippen LogP contribution in [-0.2, 0) is 4.74 Å². The van der Waals surface area contributed by atoms with Crippen molar-refractivity contribution in [1.82, 2.24) is 4.90 Å². The topological polar surface area (TPSA) is 12.5 Å². The van der Waals surface area contributed by atoms with E-state index in [-0.39, 0.29) is 11.5 Å². The summed E-state index contributed by atoms with van der Waals surface area (Å²) in [5.41, 5.74) is 9.04. The molecule has 0 saturated carbocycles. The zero-order chi connectivity index (χ0) is 34.5. The monoisotopic (exact) mass is 675 g/mol. The molecule has 0 N–H and O–H groups in total. The van der Waals surface area contributed by atoms with E-state index in [1.165, 1.54) is 54.6 Å². The Kier molecular flexibility index (Phi) is 8.95. The van der Waals surface area contributed by atoms with E-state index < -0.39 is 0 Å². The number of nitrogens with zero attached hydrogens (tertiary/aromatic N) is 1. The van der Waals surface area contributed by atoms with Gasteiger partial charge in [0, 0.05) is 35.3 Å². The molecule has 1 saturated heterocycles. The normalized spacial score (nSPS) is 38.8. The molecule has 0 bridgehead atoms. The van der Waals surface area contributed by atoms with E-state index in [1.807, 2.05) is 0 Å². The summed E-state index contributed by atoms with van der Waals surface area (Å²) in [6.07, 6.45) is 47.5. The Balaban J connectivity index is 1.11. The first-order valence-corrected chi connectivity index (χ1v) is 20.4. The molecule has 264 valence electrons. The Hall–Kier alpha value is -3.62. The van der Waals surface area contributed by atoms with Crippen molar-refractivity contribution in [3.8, 4) is 0 Å². The van der Waals surface area contributed by atoms with Crippen LogP contribution < -0.4 is 0 Å². The summed E-state index contributed by atoms with van der Waals surface area (Å²) in [6, 6.07) is 9.82. The smallest absolute Gasteiger partial charge is 0.124 e. The molecule has 2 nitrogen and oxygen atoms in total. The molecule has 51 heavy (non-hydrogen) atoms. The summed E-state index contributed by atoms with van der Waals surface area (Å²) < 4.78 is 6.85. The number of likely N-dealkylation sites (N-methyl/N-ethyl adjacent to an activating group) is 1. The van der Waals surface area contributed by atoms with E-state index in [0.717, 1.165) is 44.4 Å². The van der Waals surface area contributed by atoms with Gasteiger partial charge >= 0.3 is 0 Å². The minimum absolute atomic E-state index is 0.0390. The van der Waals surface area contributed by atoms with Gasteiger partial charge in [-0.3, -0.25) is 4.90 Å². The number of fused-ring (bicyclic) bond motifs is 3. The molecular formula is C49H57NO. The second kappa shape index (κ2) is 13.7. The first-order valence-electron chi connectivity index (χ1n) is 20.4. The van der Waals surface area contributed by atoms with Gasteiger partial charge in [-0.05, 0) is 135 Å². The van der Waals surface area contributed by atoms with Crippen LogP contribution in [0, 0.1) is 35.0 Å². The molecule has 10 atom stereocenters. The fourth-order valence-electron chi connectivity index (χ4n) is 11.9. The van der Waals surface area contributed by atoms with Crippen molar-refractivity contribution in [2.24, 2.45) is 35.0 Å². The number of allylic oxidation sites excluding steroid dienone is 12. The Morgan fingerprint density at radius 1 is 0.882 bits per heavy atom. The summed E-state index contributed by atoms with van der Waals surface area (Å²) in [7, 11) is 2.40. The average Bonchev–Trinajstić information content (AvgIpc) is 3.17. The average molecular weight is 676 g/mol. The van der Waals surface area contributed by atoms with Crippen molar-refractivity contribution in [2.45, 2.75) is 102 Å². The molecule has 6 aliphatic carbocycles. The number of benzene rings is 1. The molecule has 9 rings (SSSR count). The minimum atomic E-state index is -0.0390. The van der Waals surface area contributed by atoms with Crippen LogP contribution in [0.2, 0.25) is 0 Å². The Labute approximate surface area is 307 Å². The molecule has 10 unspecified atom stereocenters. The van der Waals surface area contributed by atoms with Crippen molar-refractivity contribution >= 4 is 6.08 Å². The van der Waals surface area contributed by atoms with Crippen molar-refractivity contribution in [3.05, 3.63) is 149 Å². The largest absolute Gasteiger partial charge is 0.490 e. The lowest BCUT2D eigenvalue weighted by molar-refractivity contribution is -0.0318. The summed E-state index contributed by atoms with van der Waals surface area (Å²) in [6.45, 7) is 7.43. The summed E-state index contributed by atoms with van der Waals surface area (Å²) in [5.74, 6) is 4.19. The molecule has 8 aliphatic rings. The third-order valence-electron chi connectivity index (χ3n) is 14.2. The van der Waals surface area contributed by atoms with Crippen LogP contribution in [0.1, 0.15) is 94.6 Å². The second-order valence-corrected chi connectivity index (χ2v) is 17.0. The van der Waals surface area contributed by atoms with Gasteiger partial charge in [0.15, 0.2) is 0 Å². The SMILES string of the molecule is C=C1C(C2CC=C(C3(C4=CCCC=C4)C4CCCC=C4OC4C=CC=CC43)CC2)=CC(C2CC=Cc3ccccc32)N(C)C1C1C=CCC(C)C1. The van der Waals surface area contributed by atoms with Gasteiger partial charge in [0.1, 0.15) is 6.10 Å². The number of hydrogen-bond acceptors (Lipinski definition) is 2. The maximum atomic E-state index is 6.85. The molecule has 2 heterocycles. The standard InChI is InChI=1S/C49H57NO/c1-33-15-13-18-37(31-33)48-34(2)42(32-45(50(48)3)41-22-14-17-35-16-7-8-21-40(35)41)36-27-29-39(30-28-36)49(38-19-5-4-6-20-38)43-23-9-11-25-46(43)51-47-26-12-10-24-44(47)49/h5,7-9,11,13-14,16-21,23,25-26,29,32-33,36-37,41,43-46,48H,2,4,6,10,12,15,22,24,27-28,30-31H2,1,3H3. The Morgan fingerprint density at radius 2 is 1.78 bits per heavy atom. The lowest BCUT2D eigenvalue weighted by Crippen LogP contribution is -2.52. The molecule has 1 aromatic rings. The van der Waals surface area contributed by atoms with Gasteiger partial charge in [-0.1, -0.05) is 116 Å². The first-order chi connectivity index (χ1) is 25.0. The van der Waals surface area contributed by atoms with Crippen LogP contribution in [0.4, 0.5) is 0 Å². The van der Waals surface area contributed by atoms with Crippen LogP contribution in [-0.4, -0.2) is 30.1 Å². The zero-order valence-electron chi connectivity index (χ0n) is 30.9. The third kappa shape index (κ3) is 5.63. The highest BCUT2D eigenvalue weighted by Gasteiger charge is 2.57. The highest BCUT2D eigenvalue weighted by Crippen LogP contribution is 2.63. The van der Waals surface area contributed by atoms with Gasteiger partial charge in [-0.25, -0.2) is 0 Å². The molecule has 0 radical (unpaired) electrons. The van der Waals surface area contributed by atoms with Crippen LogP contribution in [0.3, 0.4) is 0 Å². The van der Waals surface area contributed by atoms with Crippen LogP contribution in [0.15, 0.2) is 138 Å². The van der Waals surface area contributed by atoms with Gasteiger partial charge in [-0.2, -0.15) is 0 Å². The van der Waals surface area contributed by atoms with E-state index in [2.05, 4.69) is 128 Å². The van der Waals surface area contributed by atoms with Crippen molar-refractivity contribution in [3.63, 3.8) is 0 Å². The van der Waals surface area contributed by atoms with E-state index in [0.29, 0.717) is 41.7 Å². The minimum Gasteiger partial charge on any atom is -0.490 e. The maximum Gasteiger partial charge on any atom is 0.124 e. The van der Waals surface area contributed by atoms with Crippen molar-refractivity contribution < 1.29 is 4.74 Å². The molecular weight excluding hydrogens is 619 g/mol. The Bertz CT molecular complexity index is 1820. The van der Waals surface area contributed by atoms with E-state index in [9.17, 15) is 0 Å². The molecule has 0 amide bonds. The number of hydrogen-bond donors (Lipinski definition) is 0. The molecule has 0 spiro atoms. The number of ether oxygens (including phenoxy) is 1.